The van der Waals surface area contributed by atoms with Crippen LogP contribution in [-0.4, -0.2) is 22.6 Å². The predicted octanol–water partition coefficient (Wildman–Crippen LogP) is 2.69. The zero-order valence-corrected chi connectivity index (χ0v) is 12.0. The molecule has 1 saturated carbocycles. The number of nitrogens with one attached hydrogen (secondary N) is 1. The second-order valence-electron chi connectivity index (χ2n) is 5.39. The minimum absolute atomic E-state index is 0.426. The van der Waals surface area contributed by atoms with E-state index in [1.807, 2.05) is 6.92 Å². The highest BCUT2D eigenvalue weighted by Crippen LogP contribution is 2.33. The number of ether oxygens (including phenoxy) is 1. The molecule has 1 aromatic heterocycles. The molecule has 3 N–H and O–H groups in total. The van der Waals surface area contributed by atoms with Crippen LogP contribution in [0.25, 0.3) is 0 Å². The summed E-state index contributed by atoms with van der Waals surface area (Å²) in [7, 11) is 0. The lowest BCUT2D eigenvalue weighted by molar-refractivity contribution is 0.253. The van der Waals surface area contributed by atoms with Gasteiger partial charge in [0.25, 0.3) is 0 Å². The highest BCUT2D eigenvalue weighted by atomic mass is 16.5. The molecule has 0 aromatic carbocycles. The van der Waals surface area contributed by atoms with Crippen LogP contribution in [-0.2, 0) is 0 Å². The maximum Gasteiger partial charge on any atom is 0.242 e. The normalized spacial score (nSPS) is 27.0. The number of aromatic nitrogens is 2. The Balaban J connectivity index is 2.12. The molecule has 3 atom stereocenters. The van der Waals surface area contributed by atoms with Crippen molar-refractivity contribution in [3.8, 4) is 5.88 Å². The summed E-state index contributed by atoms with van der Waals surface area (Å²) >= 11 is 0. The second-order valence-corrected chi connectivity index (χ2v) is 5.39. The summed E-state index contributed by atoms with van der Waals surface area (Å²) in [5.74, 6) is 2.53. The van der Waals surface area contributed by atoms with E-state index >= 15 is 0 Å². The Morgan fingerprint density at radius 2 is 2.16 bits per heavy atom. The molecule has 1 aliphatic rings. The van der Waals surface area contributed by atoms with Crippen molar-refractivity contribution in [2.24, 2.45) is 11.8 Å². The zero-order chi connectivity index (χ0) is 13.8. The van der Waals surface area contributed by atoms with Crippen molar-refractivity contribution in [1.82, 2.24) is 9.97 Å². The molecular weight excluding hydrogens is 240 g/mol. The second kappa shape index (κ2) is 6.08. The van der Waals surface area contributed by atoms with Gasteiger partial charge in [-0.1, -0.05) is 26.7 Å². The summed E-state index contributed by atoms with van der Waals surface area (Å²) in [5.41, 5.74) is 6.56. The Morgan fingerprint density at radius 3 is 2.89 bits per heavy atom. The Bertz CT molecular complexity index is 424. The van der Waals surface area contributed by atoms with E-state index in [1.54, 1.807) is 0 Å². The number of nitrogen functional groups attached to an aromatic ring is 1. The highest BCUT2D eigenvalue weighted by Gasteiger charge is 2.27. The predicted molar refractivity (Wildman–Crippen MR) is 77.2 cm³/mol. The molecule has 1 fully saturated rings. The number of rotatable bonds is 4. The van der Waals surface area contributed by atoms with Crippen molar-refractivity contribution in [3.05, 3.63) is 6.33 Å². The molecule has 1 heterocycles. The highest BCUT2D eigenvalue weighted by molar-refractivity contribution is 5.66. The van der Waals surface area contributed by atoms with Gasteiger partial charge in [0.05, 0.1) is 6.61 Å². The molecule has 1 aliphatic carbocycles. The largest absolute Gasteiger partial charge is 0.476 e. The van der Waals surface area contributed by atoms with E-state index in [0.717, 1.165) is 5.92 Å². The first-order chi connectivity index (χ1) is 9.13. The molecular formula is C14H24N4O. The van der Waals surface area contributed by atoms with E-state index in [4.69, 9.17) is 10.5 Å². The van der Waals surface area contributed by atoms with Gasteiger partial charge in [-0.05, 0) is 25.2 Å². The maximum absolute atomic E-state index is 6.05. The first-order valence-corrected chi connectivity index (χ1v) is 7.13. The quantitative estimate of drug-likeness (QED) is 0.874. The molecule has 1 aromatic rings. The van der Waals surface area contributed by atoms with Crippen molar-refractivity contribution < 1.29 is 4.74 Å². The van der Waals surface area contributed by atoms with E-state index in [9.17, 15) is 0 Å². The fourth-order valence-electron chi connectivity index (χ4n) is 2.71. The fourth-order valence-corrected chi connectivity index (χ4v) is 2.71. The van der Waals surface area contributed by atoms with E-state index < -0.39 is 0 Å². The Labute approximate surface area is 115 Å². The van der Waals surface area contributed by atoms with Crippen LogP contribution in [0.5, 0.6) is 5.88 Å². The molecule has 0 aliphatic heterocycles. The van der Waals surface area contributed by atoms with E-state index in [0.29, 0.717) is 36.0 Å². The molecule has 0 bridgehead atoms. The van der Waals surface area contributed by atoms with Gasteiger partial charge in [-0.2, -0.15) is 4.98 Å². The summed E-state index contributed by atoms with van der Waals surface area (Å²) in [5, 5.41) is 3.47. The minimum Gasteiger partial charge on any atom is -0.476 e. The van der Waals surface area contributed by atoms with Crippen LogP contribution in [0.2, 0.25) is 0 Å². The van der Waals surface area contributed by atoms with Gasteiger partial charge in [-0.3, -0.25) is 0 Å². The van der Waals surface area contributed by atoms with Gasteiger partial charge in [0.1, 0.15) is 12.0 Å². The summed E-state index contributed by atoms with van der Waals surface area (Å²) in [6.07, 6.45) is 5.23. The van der Waals surface area contributed by atoms with Crippen LogP contribution in [0.1, 0.15) is 40.0 Å². The van der Waals surface area contributed by atoms with Crippen LogP contribution in [0.3, 0.4) is 0 Å². The van der Waals surface area contributed by atoms with E-state index in [-0.39, 0.29) is 0 Å². The Morgan fingerprint density at radius 1 is 1.37 bits per heavy atom. The van der Waals surface area contributed by atoms with Crippen LogP contribution in [0, 0.1) is 11.8 Å². The van der Waals surface area contributed by atoms with Gasteiger partial charge in [0, 0.05) is 6.04 Å². The lowest BCUT2D eigenvalue weighted by atomic mass is 9.78. The lowest BCUT2D eigenvalue weighted by Gasteiger charge is -2.35. The third-order valence-electron chi connectivity index (χ3n) is 4.16. The molecule has 5 nitrogen and oxygen atoms in total. The summed E-state index contributed by atoms with van der Waals surface area (Å²) < 4.78 is 5.40. The number of nitrogens with two attached hydrogens (primary N) is 1. The van der Waals surface area contributed by atoms with Crippen molar-refractivity contribution >= 4 is 11.5 Å². The summed E-state index contributed by atoms with van der Waals surface area (Å²) in [6, 6.07) is 0.426. The standard InChI is InChI=1S/C14H24N4O/c1-4-19-14-12(15)13(16-8-17-14)18-11-7-5-6-9(2)10(11)3/h8-11H,4-7,15H2,1-3H3,(H,16,17,18). The molecule has 0 spiro atoms. The van der Waals surface area contributed by atoms with Crippen molar-refractivity contribution in [3.63, 3.8) is 0 Å². The molecule has 106 valence electrons. The van der Waals surface area contributed by atoms with Crippen LogP contribution in [0.15, 0.2) is 6.33 Å². The summed E-state index contributed by atoms with van der Waals surface area (Å²) in [6.45, 7) is 7.08. The van der Waals surface area contributed by atoms with Crippen molar-refractivity contribution in [1.29, 1.82) is 0 Å². The van der Waals surface area contributed by atoms with Gasteiger partial charge < -0.3 is 15.8 Å². The average molecular weight is 264 g/mol. The number of hydrogen-bond donors (Lipinski definition) is 2. The molecule has 0 amide bonds. The molecule has 2 rings (SSSR count). The maximum atomic E-state index is 6.05. The van der Waals surface area contributed by atoms with Gasteiger partial charge in [-0.25, -0.2) is 4.98 Å². The van der Waals surface area contributed by atoms with Gasteiger partial charge in [-0.15, -0.1) is 0 Å². The van der Waals surface area contributed by atoms with Gasteiger partial charge in [0.15, 0.2) is 5.82 Å². The average Bonchev–Trinajstić information content (AvgIpc) is 2.40. The first kappa shape index (κ1) is 13.9. The lowest BCUT2D eigenvalue weighted by Crippen LogP contribution is -2.35. The fraction of sp³-hybridized carbons (Fsp3) is 0.714. The Kier molecular flexibility index (Phi) is 4.45. The number of nitrogens with zero attached hydrogens (tertiary/aromatic N) is 2. The minimum atomic E-state index is 0.426. The number of hydrogen-bond acceptors (Lipinski definition) is 5. The van der Waals surface area contributed by atoms with Crippen molar-refractivity contribution in [2.75, 3.05) is 17.7 Å². The third-order valence-corrected chi connectivity index (χ3v) is 4.16. The van der Waals surface area contributed by atoms with Gasteiger partial charge in [0.2, 0.25) is 5.88 Å². The SMILES string of the molecule is CCOc1ncnc(NC2CCCC(C)C2C)c1N. The van der Waals surface area contributed by atoms with Crippen LogP contribution in [0.4, 0.5) is 11.5 Å². The first-order valence-electron chi connectivity index (χ1n) is 7.13. The van der Waals surface area contributed by atoms with Crippen LogP contribution < -0.4 is 15.8 Å². The van der Waals surface area contributed by atoms with Crippen molar-refractivity contribution in [2.45, 2.75) is 46.1 Å². The monoisotopic (exact) mass is 264 g/mol. The summed E-state index contributed by atoms with van der Waals surface area (Å²) in [4.78, 5) is 8.30. The topological polar surface area (TPSA) is 73.1 Å². The third kappa shape index (κ3) is 3.08. The molecule has 5 heteroatoms. The molecule has 19 heavy (non-hydrogen) atoms. The Hall–Kier alpha value is -1.52. The smallest absolute Gasteiger partial charge is 0.242 e. The zero-order valence-electron chi connectivity index (χ0n) is 12.0. The van der Waals surface area contributed by atoms with E-state index in [2.05, 4.69) is 29.1 Å². The molecule has 0 saturated heterocycles. The molecule has 0 radical (unpaired) electrons. The van der Waals surface area contributed by atoms with Gasteiger partial charge >= 0.3 is 0 Å². The van der Waals surface area contributed by atoms with Crippen LogP contribution >= 0.6 is 0 Å². The number of anilines is 2. The molecule has 3 unspecified atom stereocenters. The van der Waals surface area contributed by atoms with E-state index in [1.165, 1.54) is 25.6 Å².